The second-order valence-corrected chi connectivity index (χ2v) is 14.5. The highest BCUT2D eigenvalue weighted by Gasteiger charge is 2.48. The Labute approximate surface area is 301 Å². The third-order valence-electron chi connectivity index (χ3n) is 11.0. The number of carbonyl (C=O) groups is 3. The Kier molecular flexibility index (Phi) is 9.70. The Balaban J connectivity index is 0.971. The van der Waals surface area contributed by atoms with E-state index in [9.17, 15) is 14.4 Å². The minimum atomic E-state index is -0.741. The Bertz CT molecular complexity index is 1970. The first-order valence-corrected chi connectivity index (χ1v) is 17.9. The SMILES string of the molecule is Cc1c(C(=O)Nc2ccc(CNC(=O)c3ccc4n3CCN(Cc3c(F)cc(C(=O)N(C)C)cc3F)C43CCC3)nc2)cnn1C1CCN(C)CC1. The molecule has 1 aromatic carbocycles. The lowest BCUT2D eigenvalue weighted by molar-refractivity contribution is -0.0229. The van der Waals surface area contributed by atoms with Gasteiger partial charge in [0.25, 0.3) is 17.7 Å². The highest BCUT2D eigenvalue weighted by Crippen LogP contribution is 2.49. The molecule has 0 radical (unpaired) electrons. The van der Waals surface area contributed by atoms with E-state index in [4.69, 9.17) is 0 Å². The van der Waals surface area contributed by atoms with Gasteiger partial charge in [0.1, 0.15) is 17.3 Å². The zero-order chi connectivity index (χ0) is 36.7. The number of nitrogens with one attached hydrogen (secondary N) is 2. The number of amides is 3. The standard InChI is InChI=1S/C38H45F2N9O3/c1-24-29(22-43-49(24)28-10-14-46(4)15-11-28)35(50)44-27-7-6-26(41-21-27)20-42-36(51)33-8-9-34-38(12-5-13-38)47(16-17-48(33)34)23-30-31(39)18-25(19-32(30)40)37(52)45(2)3/h6-9,18-19,21-22,28H,5,10-17,20,23H2,1-4H3,(H,42,51)(H,44,50). The van der Waals surface area contributed by atoms with Crippen molar-refractivity contribution in [2.24, 2.45) is 0 Å². The van der Waals surface area contributed by atoms with Gasteiger partial charge in [-0.3, -0.25) is 28.9 Å². The molecule has 0 unspecified atom stereocenters. The van der Waals surface area contributed by atoms with Crippen LogP contribution in [-0.4, -0.2) is 92.5 Å². The molecule has 4 aromatic rings. The summed E-state index contributed by atoms with van der Waals surface area (Å²) in [6.45, 7) is 5.17. The molecule has 3 aliphatic rings. The maximum atomic E-state index is 15.2. The Morgan fingerprint density at radius 3 is 2.33 bits per heavy atom. The maximum absolute atomic E-state index is 15.2. The van der Waals surface area contributed by atoms with E-state index in [1.54, 1.807) is 30.6 Å². The molecule has 2 N–H and O–H groups in total. The number of rotatable bonds is 9. The van der Waals surface area contributed by atoms with Gasteiger partial charge >= 0.3 is 0 Å². The molecule has 0 bridgehead atoms. The summed E-state index contributed by atoms with van der Waals surface area (Å²) in [5.74, 6) is -2.44. The lowest BCUT2D eigenvalue weighted by Gasteiger charge is -2.53. The van der Waals surface area contributed by atoms with Crippen molar-refractivity contribution in [3.05, 3.63) is 99.9 Å². The summed E-state index contributed by atoms with van der Waals surface area (Å²) in [5, 5.41) is 10.4. The Morgan fingerprint density at radius 2 is 1.69 bits per heavy atom. The van der Waals surface area contributed by atoms with Gasteiger partial charge < -0.3 is 25.0 Å². The van der Waals surface area contributed by atoms with Crippen molar-refractivity contribution in [1.29, 1.82) is 0 Å². The molecule has 1 aliphatic carbocycles. The number of pyridine rings is 1. The van der Waals surface area contributed by atoms with E-state index >= 15 is 8.78 Å². The molecule has 1 spiro atoms. The number of benzene rings is 1. The molecule has 274 valence electrons. The fourth-order valence-electron chi connectivity index (χ4n) is 7.87. The monoisotopic (exact) mass is 713 g/mol. The van der Waals surface area contributed by atoms with Crippen LogP contribution in [0.2, 0.25) is 0 Å². The molecule has 0 atom stereocenters. The van der Waals surface area contributed by atoms with E-state index < -0.39 is 23.1 Å². The van der Waals surface area contributed by atoms with E-state index in [2.05, 4.69) is 37.6 Å². The molecule has 12 nitrogen and oxygen atoms in total. The van der Waals surface area contributed by atoms with Crippen LogP contribution in [0.15, 0.2) is 48.8 Å². The second kappa shape index (κ2) is 14.2. The smallest absolute Gasteiger partial charge is 0.268 e. The van der Waals surface area contributed by atoms with Gasteiger partial charge in [-0.25, -0.2) is 8.78 Å². The quantitative estimate of drug-likeness (QED) is 0.258. The summed E-state index contributed by atoms with van der Waals surface area (Å²) in [6.07, 6.45) is 7.78. The van der Waals surface area contributed by atoms with Crippen LogP contribution in [0.1, 0.15) is 92.0 Å². The van der Waals surface area contributed by atoms with Crippen LogP contribution >= 0.6 is 0 Å². The summed E-state index contributed by atoms with van der Waals surface area (Å²) in [4.78, 5) is 49.0. The predicted molar refractivity (Wildman–Crippen MR) is 191 cm³/mol. The van der Waals surface area contributed by atoms with Crippen LogP contribution in [0.4, 0.5) is 14.5 Å². The van der Waals surface area contributed by atoms with Gasteiger partial charge in [0.05, 0.1) is 47.5 Å². The zero-order valence-electron chi connectivity index (χ0n) is 30.1. The average molecular weight is 714 g/mol. The van der Waals surface area contributed by atoms with Crippen LogP contribution in [0, 0.1) is 18.6 Å². The molecule has 5 heterocycles. The predicted octanol–water partition coefficient (Wildman–Crippen LogP) is 4.71. The van der Waals surface area contributed by atoms with E-state index in [1.165, 1.54) is 19.0 Å². The minimum absolute atomic E-state index is 0.0272. The van der Waals surface area contributed by atoms with Crippen molar-refractivity contribution >= 4 is 23.4 Å². The van der Waals surface area contributed by atoms with Crippen molar-refractivity contribution in [2.75, 3.05) is 46.1 Å². The van der Waals surface area contributed by atoms with E-state index in [0.717, 1.165) is 68.7 Å². The fraction of sp³-hybridized carbons (Fsp3) is 0.447. The largest absolute Gasteiger partial charge is 0.345 e. The molecular formula is C38H45F2N9O3. The molecule has 1 saturated heterocycles. The number of hydrogen-bond donors (Lipinski definition) is 2. The number of carbonyl (C=O) groups excluding carboxylic acids is 3. The van der Waals surface area contributed by atoms with Gasteiger partial charge in [0.15, 0.2) is 0 Å². The first kappa shape index (κ1) is 35.5. The minimum Gasteiger partial charge on any atom is -0.345 e. The number of hydrogen-bond acceptors (Lipinski definition) is 7. The van der Waals surface area contributed by atoms with Crippen molar-refractivity contribution in [3.63, 3.8) is 0 Å². The molecule has 1 saturated carbocycles. The van der Waals surface area contributed by atoms with Crippen LogP contribution in [-0.2, 0) is 25.2 Å². The first-order valence-electron chi connectivity index (χ1n) is 17.9. The number of halogens is 2. The fourth-order valence-corrected chi connectivity index (χ4v) is 7.87. The molecule has 14 heteroatoms. The van der Waals surface area contributed by atoms with Crippen LogP contribution in [0.25, 0.3) is 0 Å². The lowest BCUT2D eigenvalue weighted by Crippen LogP contribution is -2.56. The molecule has 52 heavy (non-hydrogen) atoms. The summed E-state index contributed by atoms with van der Waals surface area (Å²) in [5.41, 5.74) is 3.50. The molecule has 2 aliphatic heterocycles. The summed E-state index contributed by atoms with van der Waals surface area (Å²) in [6, 6.07) is 9.78. The van der Waals surface area contributed by atoms with Crippen molar-refractivity contribution < 1.29 is 23.2 Å². The number of nitrogens with zero attached hydrogens (tertiary/aromatic N) is 7. The van der Waals surface area contributed by atoms with Crippen LogP contribution in [0.5, 0.6) is 0 Å². The number of aromatic nitrogens is 4. The van der Waals surface area contributed by atoms with Gasteiger partial charge in [0, 0.05) is 56.2 Å². The van der Waals surface area contributed by atoms with Gasteiger partial charge in [0.2, 0.25) is 0 Å². The van der Waals surface area contributed by atoms with E-state index in [-0.39, 0.29) is 42.1 Å². The van der Waals surface area contributed by atoms with Crippen LogP contribution < -0.4 is 10.6 Å². The Morgan fingerprint density at radius 1 is 0.962 bits per heavy atom. The van der Waals surface area contributed by atoms with Crippen LogP contribution in [0.3, 0.4) is 0 Å². The van der Waals surface area contributed by atoms with Gasteiger partial charge in [-0.1, -0.05) is 0 Å². The van der Waals surface area contributed by atoms with Crippen molar-refractivity contribution in [2.45, 2.75) is 70.2 Å². The molecular weight excluding hydrogens is 668 g/mol. The van der Waals surface area contributed by atoms with Crippen molar-refractivity contribution in [1.82, 2.24) is 39.3 Å². The number of fused-ring (bicyclic) bond motifs is 2. The van der Waals surface area contributed by atoms with E-state index in [0.29, 0.717) is 35.7 Å². The summed E-state index contributed by atoms with van der Waals surface area (Å²) in [7, 11) is 5.19. The second-order valence-electron chi connectivity index (χ2n) is 14.5. The third kappa shape index (κ3) is 6.60. The number of anilines is 1. The van der Waals surface area contributed by atoms with Crippen molar-refractivity contribution in [3.8, 4) is 0 Å². The first-order chi connectivity index (χ1) is 24.9. The number of piperidine rings is 1. The molecule has 3 amide bonds. The van der Waals surface area contributed by atoms with E-state index in [1.807, 2.05) is 22.2 Å². The highest BCUT2D eigenvalue weighted by atomic mass is 19.1. The Hall–Kier alpha value is -4.95. The zero-order valence-corrected chi connectivity index (χ0v) is 30.1. The molecule has 2 fully saturated rings. The third-order valence-corrected chi connectivity index (χ3v) is 11.0. The maximum Gasteiger partial charge on any atom is 0.268 e. The topological polar surface area (TPSA) is 121 Å². The average Bonchev–Trinajstić information content (AvgIpc) is 3.72. The lowest BCUT2D eigenvalue weighted by atomic mass is 9.71. The molecule has 3 aromatic heterocycles. The number of likely N-dealkylation sites (tertiary alicyclic amines) is 1. The normalized spacial score (nSPS) is 17.4. The van der Waals surface area contributed by atoms with Gasteiger partial charge in [-0.15, -0.1) is 0 Å². The molecule has 7 rings (SSSR count). The summed E-state index contributed by atoms with van der Waals surface area (Å²) >= 11 is 0. The van der Waals surface area contributed by atoms with Gasteiger partial charge in [-0.05, 0) is 95.6 Å². The highest BCUT2D eigenvalue weighted by molar-refractivity contribution is 6.04. The summed E-state index contributed by atoms with van der Waals surface area (Å²) < 4.78 is 34.4. The van der Waals surface area contributed by atoms with Gasteiger partial charge in [-0.2, -0.15) is 5.10 Å².